The van der Waals surface area contributed by atoms with Crippen molar-refractivity contribution in [3.63, 3.8) is 0 Å². The zero-order chi connectivity index (χ0) is 29.2. The number of ether oxygens (including phenoxy) is 1. The number of nitrogens with one attached hydrogen (secondary N) is 1. The minimum absolute atomic E-state index is 0.134. The van der Waals surface area contributed by atoms with Crippen LogP contribution in [0.25, 0.3) is 10.9 Å². The molecule has 0 saturated heterocycles. The molecule has 0 aliphatic carbocycles. The molecule has 0 atom stereocenters. The fourth-order valence-corrected chi connectivity index (χ4v) is 5.73. The summed E-state index contributed by atoms with van der Waals surface area (Å²) in [5.74, 6) is 0.801. The van der Waals surface area contributed by atoms with Gasteiger partial charge in [0.15, 0.2) is 9.84 Å². The van der Waals surface area contributed by atoms with Gasteiger partial charge in [0, 0.05) is 30.2 Å². The number of amides is 1. The molecular formula is C31H31N5O4S. The molecule has 5 aromatic rings. The second-order valence-electron chi connectivity index (χ2n) is 10.9. The normalized spacial score (nSPS) is 11.9. The number of sulfone groups is 1. The molecule has 0 saturated carbocycles. The summed E-state index contributed by atoms with van der Waals surface area (Å²) in [4.78, 5) is 21.2. The number of aromatic nitrogens is 4. The van der Waals surface area contributed by atoms with Gasteiger partial charge in [0.2, 0.25) is 5.91 Å². The maximum Gasteiger partial charge on any atom is 0.228 e. The van der Waals surface area contributed by atoms with Gasteiger partial charge in [-0.05, 0) is 86.8 Å². The topological polar surface area (TPSA) is 116 Å². The van der Waals surface area contributed by atoms with Crippen LogP contribution in [0.15, 0.2) is 90.5 Å². The third-order valence-corrected chi connectivity index (χ3v) is 8.20. The van der Waals surface area contributed by atoms with Gasteiger partial charge in [0.1, 0.15) is 11.5 Å². The second kappa shape index (κ2) is 11.1. The molecule has 41 heavy (non-hydrogen) atoms. The number of carbonyl (C=O) groups excluding carboxylic acids is 1. The van der Waals surface area contributed by atoms with Crippen molar-refractivity contribution in [3.05, 3.63) is 102 Å². The maximum atomic E-state index is 13.1. The lowest BCUT2D eigenvalue weighted by atomic mass is 10.1. The van der Waals surface area contributed by atoms with Gasteiger partial charge in [-0.3, -0.25) is 19.4 Å². The van der Waals surface area contributed by atoms with Gasteiger partial charge < -0.3 is 10.1 Å². The van der Waals surface area contributed by atoms with Crippen molar-refractivity contribution in [1.29, 1.82) is 0 Å². The van der Waals surface area contributed by atoms with Gasteiger partial charge in [-0.1, -0.05) is 12.1 Å². The molecule has 0 bridgehead atoms. The van der Waals surface area contributed by atoms with Crippen molar-refractivity contribution < 1.29 is 17.9 Å². The summed E-state index contributed by atoms with van der Waals surface area (Å²) in [6, 6.07) is 15.5. The molecule has 0 aliphatic heterocycles. The number of hydrogen-bond acceptors (Lipinski definition) is 7. The number of nitrogens with zero attached hydrogens (tertiary/aromatic N) is 4. The number of rotatable bonds is 8. The third-order valence-electron chi connectivity index (χ3n) is 6.52. The van der Waals surface area contributed by atoms with Crippen molar-refractivity contribution in [2.24, 2.45) is 0 Å². The molecular weight excluding hydrogens is 538 g/mol. The largest absolute Gasteiger partial charge is 0.456 e. The molecule has 0 spiro atoms. The highest BCUT2D eigenvalue weighted by Gasteiger charge is 2.18. The van der Waals surface area contributed by atoms with E-state index in [1.165, 1.54) is 0 Å². The van der Waals surface area contributed by atoms with Crippen LogP contribution < -0.4 is 10.1 Å². The van der Waals surface area contributed by atoms with Crippen LogP contribution in [0.4, 0.5) is 5.69 Å². The van der Waals surface area contributed by atoms with E-state index in [1.807, 2.05) is 52.1 Å². The molecule has 1 N–H and O–H groups in total. The predicted octanol–water partition coefficient (Wildman–Crippen LogP) is 5.84. The Labute approximate surface area is 239 Å². The third kappa shape index (κ3) is 6.60. The number of hydrogen-bond donors (Lipinski definition) is 1. The Hall–Kier alpha value is -4.57. The first-order chi connectivity index (χ1) is 19.5. The Morgan fingerprint density at radius 3 is 2.44 bits per heavy atom. The summed E-state index contributed by atoms with van der Waals surface area (Å²) in [5.41, 5.74) is 3.42. The molecule has 0 radical (unpaired) electrons. The van der Waals surface area contributed by atoms with Crippen molar-refractivity contribution in [2.75, 3.05) is 5.32 Å². The molecule has 0 aliphatic rings. The van der Waals surface area contributed by atoms with E-state index in [2.05, 4.69) is 20.4 Å². The molecule has 10 heteroatoms. The standard InChI is InChI=1S/C31H31N5O4S/c1-21-15-23(16-30(37)35-24-18-34-36(19-24)31(2,3)4)5-8-28(21)40-29-11-14-33-27-7-6-25(17-26(27)29)41(38,39)20-22-9-12-32-13-10-22/h5-15,17-19H,16,20H2,1-4H3,(H,35,37). The van der Waals surface area contributed by atoms with E-state index >= 15 is 0 Å². The van der Waals surface area contributed by atoms with Gasteiger partial charge in [-0.25, -0.2) is 8.42 Å². The Morgan fingerprint density at radius 1 is 0.951 bits per heavy atom. The van der Waals surface area contributed by atoms with Crippen LogP contribution in [-0.2, 0) is 32.3 Å². The molecule has 1 amide bonds. The van der Waals surface area contributed by atoms with E-state index in [1.54, 1.807) is 65.9 Å². The van der Waals surface area contributed by atoms with E-state index in [-0.39, 0.29) is 28.5 Å². The SMILES string of the molecule is Cc1cc(CC(=O)Nc2cnn(C(C)(C)C)c2)ccc1Oc1ccnc2ccc(S(=O)(=O)Cc3ccncc3)cc12. The smallest absolute Gasteiger partial charge is 0.228 e. The summed E-state index contributed by atoms with van der Waals surface area (Å²) < 4.78 is 34.3. The van der Waals surface area contributed by atoms with Crippen molar-refractivity contribution >= 4 is 32.3 Å². The summed E-state index contributed by atoms with van der Waals surface area (Å²) in [6.45, 7) is 8.02. The summed E-state index contributed by atoms with van der Waals surface area (Å²) in [6.07, 6.45) is 8.42. The Morgan fingerprint density at radius 2 is 1.73 bits per heavy atom. The molecule has 210 valence electrons. The molecule has 9 nitrogen and oxygen atoms in total. The van der Waals surface area contributed by atoms with Crippen LogP contribution in [0.1, 0.15) is 37.5 Å². The summed E-state index contributed by atoms with van der Waals surface area (Å²) in [7, 11) is -3.60. The fraction of sp³-hybridized carbons (Fsp3) is 0.226. The highest BCUT2D eigenvalue weighted by atomic mass is 32.2. The number of pyridine rings is 2. The van der Waals surface area contributed by atoms with E-state index in [9.17, 15) is 13.2 Å². The van der Waals surface area contributed by atoms with E-state index in [0.29, 0.717) is 33.7 Å². The monoisotopic (exact) mass is 569 g/mol. The van der Waals surface area contributed by atoms with Gasteiger partial charge in [0.25, 0.3) is 0 Å². The first-order valence-electron chi connectivity index (χ1n) is 13.1. The highest BCUT2D eigenvalue weighted by molar-refractivity contribution is 7.90. The Balaban J connectivity index is 1.32. The van der Waals surface area contributed by atoms with Crippen LogP contribution in [0.2, 0.25) is 0 Å². The predicted molar refractivity (Wildman–Crippen MR) is 158 cm³/mol. The maximum absolute atomic E-state index is 13.1. The highest BCUT2D eigenvalue weighted by Crippen LogP contribution is 2.33. The fourth-order valence-electron chi connectivity index (χ4n) is 4.36. The number of aryl methyl sites for hydroxylation is 1. The molecule has 3 heterocycles. The number of carbonyl (C=O) groups is 1. The van der Waals surface area contributed by atoms with Gasteiger partial charge >= 0.3 is 0 Å². The van der Waals surface area contributed by atoms with Gasteiger partial charge in [0.05, 0.1) is 40.0 Å². The average Bonchev–Trinajstić information content (AvgIpc) is 3.39. The first-order valence-corrected chi connectivity index (χ1v) is 14.8. The van der Waals surface area contributed by atoms with Crippen molar-refractivity contribution in [1.82, 2.24) is 19.7 Å². The lowest BCUT2D eigenvalue weighted by molar-refractivity contribution is -0.115. The quantitative estimate of drug-likeness (QED) is 0.250. The lowest BCUT2D eigenvalue weighted by Crippen LogP contribution is -2.22. The first kappa shape index (κ1) is 28.0. The average molecular weight is 570 g/mol. The second-order valence-corrected chi connectivity index (χ2v) is 12.9. The van der Waals surface area contributed by atoms with Crippen LogP contribution in [-0.4, -0.2) is 34.1 Å². The zero-order valence-electron chi connectivity index (χ0n) is 23.3. The Bertz CT molecular complexity index is 1830. The van der Waals surface area contributed by atoms with Crippen molar-refractivity contribution in [3.8, 4) is 11.5 Å². The summed E-state index contributed by atoms with van der Waals surface area (Å²) in [5, 5.41) is 7.80. The van der Waals surface area contributed by atoms with Crippen LogP contribution in [0.5, 0.6) is 11.5 Å². The molecule has 3 aromatic heterocycles. The number of anilines is 1. The number of benzene rings is 2. The number of fused-ring (bicyclic) bond motifs is 1. The molecule has 5 rings (SSSR count). The summed E-state index contributed by atoms with van der Waals surface area (Å²) >= 11 is 0. The minimum atomic E-state index is -3.60. The van der Waals surface area contributed by atoms with Gasteiger partial charge in [-0.15, -0.1) is 0 Å². The van der Waals surface area contributed by atoms with Crippen LogP contribution in [0, 0.1) is 6.92 Å². The minimum Gasteiger partial charge on any atom is -0.456 e. The van der Waals surface area contributed by atoms with Crippen LogP contribution in [0.3, 0.4) is 0 Å². The molecule has 0 fully saturated rings. The van der Waals surface area contributed by atoms with Gasteiger partial charge in [-0.2, -0.15) is 5.10 Å². The van der Waals surface area contributed by atoms with E-state index in [0.717, 1.165) is 11.1 Å². The lowest BCUT2D eigenvalue weighted by Gasteiger charge is -2.18. The van der Waals surface area contributed by atoms with Crippen LogP contribution >= 0.6 is 0 Å². The van der Waals surface area contributed by atoms with E-state index < -0.39 is 9.84 Å². The van der Waals surface area contributed by atoms with Crippen molar-refractivity contribution in [2.45, 2.75) is 50.3 Å². The zero-order valence-corrected chi connectivity index (χ0v) is 24.1. The Kier molecular flexibility index (Phi) is 7.59. The molecule has 0 unspecified atom stereocenters. The molecule has 2 aromatic carbocycles. The van der Waals surface area contributed by atoms with E-state index in [4.69, 9.17) is 4.74 Å².